The van der Waals surface area contributed by atoms with Gasteiger partial charge in [0.2, 0.25) is 0 Å². The first-order chi connectivity index (χ1) is 15.2. The number of amides is 2. The van der Waals surface area contributed by atoms with Crippen LogP contribution in [0.1, 0.15) is 38.3 Å². The summed E-state index contributed by atoms with van der Waals surface area (Å²) in [4.78, 5) is 20.4. The molecule has 0 saturated carbocycles. The molecule has 0 saturated heterocycles. The summed E-state index contributed by atoms with van der Waals surface area (Å²) in [6.45, 7) is 6.65. The average molecular weight is 460 g/mol. The third-order valence-corrected chi connectivity index (χ3v) is 5.14. The zero-order chi connectivity index (χ0) is 23.3. The van der Waals surface area contributed by atoms with E-state index in [9.17, 15) is 4.79 Å². The molecule has 0 aliphatic carbocycles. The van der Waals surface area contributed by atoms with E-state index in [1.54, 1.807) is 19.1 Å². The van der Waals surface area contributed by atoms with Crippen molar-refractivity contribution in [2.24, 2.45) is 5.16 Å². The number of methoxy groups -OCH3 is 2. The van der Waals surface area contributed by atoms with Crippen molar-refractivity contribution in [1.82, 2.24) is 10.2 Å². The molecule has 0 radical (unpaired) electrons. The quantitative estimate of drug-likeness (QED) is 0.641. The molecule has 1 N–H and O–H groups in total. The lowest BCUT2D eigenvalue weighted by molar-refractivity contribution is 0.0580. The number of benzene rings is 2. The number of hydrogen-bond acceptors (Lipinski definition) is 5. The Labute approximate surface area is 194 Å². The molecular formula is C24H30ClN3O4. The molecule has 0 spiro atoms. The van der Waals surface area contributed by atoms with Crippen molar-refractivity contribution < 1.29 is 19.1 Å². The van der Waals surface area contributed by atoms with Gasteiger partial charge in [0.1, 0.15) is 0 Å². The predicted octanol–water partition coefficient (Wildman–Crippen LogP) is 4.86. The van der Waals surface area contributed by atoms with Crippen molar-refractivity contribution in [1.29, 1.82) is 0 Å². The highest BCUT2D eigenvalue weighted by atomic mass is 35.5. The number of carbonyl (C=O) groups excluding carboxylic acids is 1. The number of hydrogen-bond donors (Lipinski definition) is 1. The molecule has 2 amide bonds. The summed E-state index contributed by atoms with van der Waals surface area (Å²) < 4.78 is 10.7. The van der Waals surface area contributed by atoms with E-state index in [4.69, 9.17) is 25.9 Å². The Morgan fingerprint density at radius 1 is 1.19 bits per heavy atom. The number of halogens is 1. The number of ether oxygens (including phenoxy) is 2. The van der Waals surface area contributed by atoms with E-state index < -0.39 is 0 Å². The van der Waals surface area contributed by atoms with Crippen molar-refractivity contribution in [3.63, 3.8) is 0 Å². The summed E-state index contributed by atoms with van der Waals surface area (Å²) in [5.74, 6) is 1.28. The maximum Gasteiger partial charge on any atom is 0.318 e. The maximum atomic E-state index is 13.0. The van der Waals surface area contributed by atoms with Gasteiger partial charge >= 0.3 is 6.03 Å². The van der Waals surface area contributed by atoms with Crippen LogP contribution >= 0.6 is 11.6 Å². The highest BCUT2D eigenvalue weighted by molar-refractivity contribution is 6.30. The van der Waals surface area contributed by atoms with Crippen molar-refractivity contribution in [3.05, 3.63) is 58.6 Å². The lowest BCUT2D eigenvalue weighted by atomic mass is 10.0. The molecule has 1 atom stereocenters. The van der Waals surface area contributed by atoms with Gasteiger partial charge in [-0.3, -0.25) is 0 Å². The van der Waals surface area contributed by atoms with Crippen LogP contribution in [0.4, 0.5) is 4.79 Å². The van der Waals surface area contributed by atoms with Gasteiger partial charge in [-0.25, -0.2) is 4.79 Å². The summed E-state index contributed by atoms with van der Waals surface area (Å²) in [7, 11) is 3.19. The molecule has 2 aromatic rings. The van der Waals surface area contributed by atoms with Crippen LogP contribution in [0.5, 0.6) is 11.5 Å². The van der Waals surface area contributed by atoms with Gasteiger partial charge < -0.3 is 24.5 Å². The molecule has 7 nitrogen and oxygen atoms in total. The number of urea groups is 1. The molecule has 0 unspecified atom stereocenters. The van der Waals surface area contributed by atoms with Gasteiger partial charge in [-0.2, -0.15) is 0 Å². The van der Waals surface area contributed by atoms with E-state index in [0.717, 1.165) is 16.8 Å². The largest absolute Gasteiger partial charge is 0.493 e. The molecule has 172 valence electrons. The summed E-state index contributed by atoms with van der Waals surface area (Å²) in [5.41, 5.74) is 2.28. The lowest BCUT2D eigenvalue weighted by Crippen LogP contribution is -2.50. The number of rotatable bonds is 7. The molecule has 3 rings (SSSR count). The van der Waals surface area contributed by atoms with Crippen LogP contribution in [0.15, 0.2) is 47.6 Å². The van der Waals surface area contributed by atoms with E-state index in [-0.39, 0.29) is 17.7 Å². The maximum absolute atomic E-state index is 13.0. The first-order valence-electron chi connectivity index (χ1n) is 10.4. The van der Waals surface area contributed by atoms with Crippen LogP contribution in [0, 0.1) is 0 Å². The van der Waals surface area contributed by atoms with Crippen molar-refractivity contribution in [3.8, 4) is 11.5 Å². The van der Waals surface area contributed by atoms with Gasteiger partial charge in [0.25, 0.3) is 0 Å². The molecule has 0 fully saturated rings. The van der Waals surface area contributed by atoms with Crippen LogP contribution in [0.3, 0.4) is 0 Å². The van der Waals surface area contributed by atoms with Gasteiger partial charge in [-0.1, -0.05) is 28.9 Å². The van der Waals surface area contributed by atoms with Crippen molar-refractivity contribution >= 4 is 23.3 Å². The molecular weight excluding hydrogens is 430 g/mol. The fourth-order valence-corrected chi connectivity index (χ4v) is 3.65. The smallest absolute Gasteiger partial charge is 0.318 e. The van der Waals surface area contributed by atoms with E-state index in [1.165, 1.54) is 0 Å². The van der Waals surface area contributed by atoms with E-state index >= 15 is 0 Å². The summed E-state index contributed by atoms with van der Waals surface area (Å²) in [6.07, 6.45) is 0.313. The van der Waals surface area contributed by atoms with Gasteiger partial charge in [0.15, 0.2) is 17.6 Å². The zero-order valence-electron chi connectivity index (χ0n) is 19.1. The lowest BCUT2D eigenvalue weighted by Gasteiger charge is -2.29. The highest BCUT2D eigenvalue weighted by Gasteiger charge is 2.28. The molecule has 1 aliphatic heterocycles. The molecule has 0 aromatic heterocycles. The van der Waals surface area contributed by atoms with Crippen LogP contribution in [-0.4, -0.2) is 49.0 Å². The Bertz CT molecular complexity index is 987. The summed E-state index contributed by atoms with van der Waals surface area (Å²) >= 11 is 6.14. The van der Waals surface area contributed by atoms with Gasteiger partial charge in [-0.15, -0.1) is 0 Å². The van der Waals surface area contributed by atoms with Crippen LogP contribution in [0.25, 0.3) is 0 Å². The first-order valence-corrected chi connectivity index (χ1v) is 10.8. The van der Waals surface area contributed by atoms with Crippen LogP contribution in [-0.2, 0) is 11.4 Å². The topological polar surface area (TPSA) is 72.4 Å². The SMILES string of the molecule is COc1ccc(C2=NO[C@@H](CN(Cc3cccc(Cl)c3)C(=O)NC(C)(C)C)C2)cc1OC. The normalized spacial score (nSPS) is 15.6. The number of oxime groups is 1. The minimum absolute atomic E-state index is 0.166. The van der Waals surface area contributed by atoms with Crippen molar-refractivity contribution in [2.45, 2.75) is 45.4 Å². The molecule has 0 bridgehead atoms. The van der Waals surface area contributed by atoms with Gasteiger partial charge in [0, 0.05) is 29.1 Å². The highest BCUT2D eigenvalue weighted by Crippen LogP contribution is 2.29. The summed E-state index contributed by atoms with van der Waals surface area (Å²) in [5, 5.41) is 7.93. The number of carbonyl (C=O) groups is 1. The Morgan fingerprint density at radius 2 is 1.94 bits per heavy atom. The fourth-order valence-electron chi connectivity index (χ4n) is 3.43. The Balaban J connectivity index is 1.72. The van der Waals surface area contributed by atoms with Crippen molar-refractivity contribution in [2.75, 3.05) is 20.8 Å². The third kappa shape index (κ3) is 6.29. The summed E-state index contributed by atoms with van der Waals surface area (Å²) in [6, 6.07) is 13.0. The Morgan fingerprint density at radius 3 is 2.59 bits per heavy atom. The average Bonchev–Trinajstić information content (AvgIpc) is 3.20. The van der Waals surface area contributed by atoms with Gasteiger partial charge in [0.05, 0.1) is 26.5 Å². The first kappa shape index (κ1) is 23.7. The zero-order valence-corrected chi connectivity index (χ0v) is 19.9. The minimum Gasteiger partial charge on any atom is -0.493 e. The second-order valence-corrected chi connectivity index (χ2v) is 9.17. The second-order valence-electron chi connectivity index (χ2n) is 8.73. The number of nitrogens with one attached hydrogen (secondary N) is 1. The molecule has 1 aliphatic rings. The molecule has 2 aromatic carbocycles. The fraction of sp³-hybridized carbons (Fsp3) is 0.417. The molecule has 8 heteroatoms. The Hall–Kier alpha value is -2.93. The third-order valence-electron chi connectivity index (χ3n) is 4.91. The molecule has 1 heterocycles. The second kappa shape index (κ2) is 10.1. The van der Waals surface area contributed by atoms with E-state index in [0.29, 0.717) is 36.0 Å². The Kier molecular flexibility index (Phi) is 7.51. The van der Waals surface area contributed by atoms with E-state index in [2.05, 4.69) is 10.5 Å². The minimum atomic E-state index is -0.360. The predicted molar refractivity (Wildman–Crippen MR) is 126 cm³/mol. The standard InChI is InChI=1S/C24H30ClN3O4/c1-24(2,3)26-23(29)28(14-16-7-6-8-18(25)11-16)15-19-13-20(27-32-19)17-9-10-21(30-4)22(12-17)31-5/h6-12,19H,13-15H2,1-5H3,(H,26,29)/t19-/m1/s1. The van der Waals surface area contributed by atoms with Crippen LogP contribution < -0.4 is 14.8 Å². The van der Waals surface area contributed by atoms with Crippen LogP contribution in [0.2, 0.25) is 5.02 Å². The number of nitrogens with zero attached hydrogens (tertiary/aromatic N) is 2. The van der Waals surface area contributed by atoms with E-state index in [1.807, 2.05) is 63.2 Å². The molecule has 32 heavy (non-hydrogen) atoms. The van der Waals surface area contributed by atoms with Gasteiger partial charge in [-0.05, 0) is 56.7 Å². The monoisotopic (exact) mass is 459 g/mol.